The van der Waals surface area contributed by atoms with E-state index in [4.69, 9.17) is 0 Å². The zero-order valence-electron chi connectivity index (χ0n) is 12.3. The summed E-state index contributed by atoms with van der Waals surface area (Å²) in [6.07, 6.45) is 8.57. The first-order valence-corrected chi connectivity index (χ1v) is 8.45. The van der Waals surface area contributed by atoms with Gasteiger partial charge in [0.1, 0.15) is 0 Å². The average Bonchev–Trinajstić information content (AvgIpc) is 3.10. The molecule has 0 spiro atoms. The number of nitrogens with one attached hydrogen (secondary N) is 1. The zero-order valence-corrected chi connectivity index (χ0v) is 13.1. The smallest absolute Gasteiger partial charge is 0.203 e. The van der Waals surface area contributed by atoms with E-state index in [-0.39, 0.29) is 0 Å². The third-order valence-corrected chi connectivity index (χ3v) is 4.93. The van der Waals surface area contributed by atoms with Crippen molar-refractivity contribution in [3.63, 3.8) is 0 Å². The molecule has 1 unspecified atom stereocenters. The lowest BCUT2D eigenvalue weighted by molar-refractivity contribution is 0.520. The van der Waals surface area contributed by atoms with E-state index < -0.39 is 0 Å². The molecule has 3 nitrogen and oxygen atoms in total. The molecular weight excluding hydrogens is 266 g/mol. The fourth-order valence-electron chi connectivity index (χ4n) is 3.09. The number of aryl methyl sites for hydroxylation is 1. The van der Waals surface area contributed by atoms with E-state index in [1.165, 1.54) is 30.6 Å². The van der Waals surface area contributed by atoms with Gasteiger partial charge >= 0.3 is 0 Å². The Balaban J connectivity index is 1.69. The van der Waals surface area contributed by atoms with E-state index >= 15 is 0 Å². The van der Waals surface area contributed by atoms with Gasteiger partial charge in [0.15, 0.2) is 0 Å². The molecule has 2 aromatic rings. The minimum absolute atomic E-state index is 0.413. The van der Waals surface area contributed by atoms with Crippen molar-refractivity contribution in [1.82, 2.24) is 9.55 Å². The summed E-state index contributed by atoms with van der Waals surface area (Å²) < 4.78 is 2.37. The van der Waals surface area contributed by atoms with Crippen LogP contribution in [0.4, 0.5) is 5.95 Å². The van der Waals surface area contributed by atoms with Crippen LogP contribution in [0.15, 0.2) is 23.7 Å². The molecule has 0 aliphatic heterocycles. The van der Waals surface area contributed by atoms with Crippen LogP contribution in [0.3, 0.4) is 0 Å². The Hall–Kier alpha value is -1.29. The molecule has 108 valence electrons. The van der Waals surface area contributed by atoms with Crippen LogP contribution in [0.2, 0.25) is 0 Å². The minimum atomic E-state index is 0.413. The molecule has 20 heavy (non-hydrogen) atoms. The summed E-state index contributed by atoms with van der Waals surface area (Å²) in [5, 5.41) is 5.75. The van der Waals surface area contributed by atoms with Crippen molar-refractivity contribution in [1.29, 1.82) is 0 Å². The number of anilines is 1. The van der Waals surface area contributed by atoms with Crippen LogP contribution < -0.4 is 5.32 Å². The van der Waals surface area contributed by atoms with Crippen molar-refractivity contribution in [2.24, 2.45) is 0 Å². The van der Waals surface area contributed by atoms with E-state index in [0.29, 0.717) is 12.1 Å². The molecule has 0 amide bonds. The van der Waals surface area contributed by atoms with Crippen LogP contribution in [0.1, 0.15) is 49.2 Å². The second kappa shape index (κ2) is 6.00. The van der Waals surface area contributed by atoms with Gasteiger partial charge in [0.25, 0.3) is 0 Å². The van der Waals surface area contributed by atoms with Crippen molar-refractivity contribution in [3.05, 3.63) is 34.3 Å². The number of thiophene rings is 1. The van der Waals surface area contributed by atoms with Crippen molar-refractivity contribution < 1.29 is 0 Å². The van der Waals surface area contributed by atoms with Crippen LogP contribution >= 0.6 is 11.3 Å². The second-order valence-electron chi connectivity index (χ2n) is 5.88. The summed E-state index contributed by atoms with van der Waals surface area (Å²) in [5.41, 5.74) is 1.11. The summed E-state index contributed by atoms with van der Waals surface area (Å²) >= 11 is 1.83. The lowest BCUT2D eigenvalue weighted by Crippen LogP contribution is -2.21. The third kappa shape index (κ3) is 3.06. The molecule has 2 heterocycles. The Morgan fingerprint density at radius 3 is 2.95 bits per heavy atom. The lowest BCUT2D eigenvalue weighted by atomic mass is 10.2. The lowest BCUT2D eigenvalue weighted by Gasteiger charge is -2.19. The van der Waals surface area contributed by atoms with Gasteiger partial charge in [-0.1, -0.05) is 18.9 Å². The number of nitrogens with zero attached hydrogens (tertiary/aromatic N) is 2. The van der Waals surface area contributed by atoms with Crippen molar-refractivity contribution in [2.45, 2.75) is 58.0 Å². The van der Waals surface area contributed by atoms with Gasteiger partial charge in [0.05, 0.1) is 5.69 Å². The van der Waals surface area contributed by atoms with Gasteiger partial charge < -0.3 is 9.88 Å². The molecule has 0 bridgehead atoms. The molecule has 1 fully saturated rings. The van der Waals surface area contributed by atoms with Gasteiger partial charge in [0, 0.05) is 29.6 Å². The van der Waals surface area contributed by atoms with Gasteiger partial charge in [-0.15, -0.1) is 11.3 Å². The summed E-state index contributed by atoms with van der Waals surface area (Å²) in [4.78, 5) is 6.11. The zero-order chi connectivity index (χ0) is 13.9. The summed E-state index contributed by atoms with van der Waals surface area (Å²) in [5.74, 6) is 1.05. The van der Waals surface area contributed by atoms with Crippen LogP contribution in [-0.4, -0.2) is 15.6 Å². The predicted molar refractivity (Wildman–Crippen MR) is 85.6 cm³/mol. The highest BCUT2D eigenvalue weighted by atomic mass is 32.1. The summed E-state index contributed by atoms with van der Waals surface area (Å²) in [6, 6.07) is 5.39. The largest absolute Gasteiger partial charge is 0.353 e. The van der Waals surface area contributed by atoms with E-state index in [1.807, 2.05) is 11.3 Å². The molecule has 4 heteroatoms. The van der Waals surface area contributed by atoms with Crippen molar-refractivity contribution >= 4 is 17.3 Å². The number of aromatic nitrogens is 2. The maximum atomic E-state index is 4.68. The fraction of sp³-hybridized carbons (Fsp3) is 0.562. The number of hydrogen-bond donors (Lipinski definition) is 1. The highest BCUT2D eigenvalue weighted by Gasteiger charge is 2.20. The standard InChI is InChI=1S/C16H23N3S/c1-12(10-15-8-5-9-20-15)17-16-18-13(2)11-19(16)14-6-3-4-7-14/h5,8-9,11-12,14H,3-4,6-7,10H2,1-2H3,(H,17,18). The molecule has 2 aromatic heterocycles. The molecule has 1 saturated carbocycles. The Kier molecular flexibility index (Phi) is 4.10. The quantitative estimate of drug-likeness (QED) is 0.883. The SMILES string of the molecule is Cc1cn(C2CCCC2)c(NC(C)Cc2cccs2)n1. The van der Waals surface area contributed by atoms with E-state index in [9.17, 15) is 0 Å². The first-order chi connectivity index (χ1) is 9.72. The van der Waals surface area contributed by atoms with Crippen molar-refractivity contribution in [2.75, 3.05) is 5.32 Å². The monoisotopic (exact) mass is 289 g/mol. The van der Waals surface area contributed by atoms with E-state index in [2.05, 4.69) is 52.4 Å². The topological polar surface area (TPSA) is 29.9 Å². The van der Waals surface area contributed by atoms with Gasteiger partial charge in [-0.05, 0) is 38.1 Å². The Bertz CT molecular complexity index is 538. The van der Waals surface area contributed by atoms with Gasteiger partial charge in [-0.2, -0.15) is 0 Å². The minimum Gasteiger partial charge on any atom is -0.353 e. The average molecular weight is 289 g/mol. The normalized spacial score (nSPS) is 17.5. The molecule has 1 aliphatic rings. The van der Waals surface area contributed by atoms with Gasteiger partial charge in [0.2, 0.25) is 5.95 Å². The Labute approximate surface area is 125 Å². The first-order valence-electron chi connectivity index (χ1n) is 7.57. The third-order valence-electron chi connectivity index (χ3n) is 4.03. The molecule has 0 saturated heterocycles. The molecule has 1 atom stereocenters. The van der Waals surface area contributed by atoms with Crippen LogP contribution in [0.5, 0.6) is 0 Å². The number of imidazole rings is 1. The Morgan fingerprint density at radius 2 is 2.25 bits per heavy atom. The molecular formula is C16H23N3S. The van der Waals surface area contributed by atoms with Crippen LogP contribution in [0.25, 0.3) is 0 Å². The van der Waals surface area contributed by atoms with Gasteiger partial charge in [-0.3, -0.25) is 0 Å². The molecule has 1 aliphatic carbocycles. The van der Waals surface area contributed by atoms with Crippen molar-refractivity contribution in [3.8, 4) is 0 Å². The molecule has 0 aromatic carbocycles. The number of rotatable bonds is 5. The van der Waals surface area contributed by atoms with E-state index in [1.54, 1.807) is 0 Å². The highest BCUT2D eigenvalue weighted by Crippen LogP contribution is 2.32. The predicted octanol–water partition coefficient (Wildman–Crippen LogP) is 4.41. The first kappa shape index (κ1) is 13.7. The fourth-order valence-corrected chi connectivity index (χ4v) is 3.92. The highest BCUT2D eigenvalue weighted by molar-refractivity contribution is 7.09. The second-order valence-corrected chi connectivity index (χ2v) is 6.91. The molecule has 0 radical (unpaired) electrons. The van der Waals surface area contributed by atoms with Crippen LogP contribution in [-0.2, 0) is 6.42 Å². The molecule has 3 rings (SSSR count). The van der Waals surface area contributed by atoms with E-state index in [0.717, 1.165) is 18.1 Å². The molecule has 1 N–H and O–H groups in total. The summed E-state index contributed by atoms with van der Waals surface area (Å²) in [6.45, 7) is 4.32. The van der Waals surface area contributed by atoms with Crippen LogP contribution in [0, 0.1) is 6.92 Å². The summed E-state index contributed by atoms with van der Waals surface area (Å²) in [7, 11) is 0. The van der Waals surface area contributed by atoms with Gasteiger partial charge in [-0.25, -0.2) is 4.98 Å². The maximum Gasteiger partial charge on any atom is 0.203 e. The number of hydrogen-bond acceptors (Lipinski definition) is 3. The maximum absolute atomic E-state index is 4.68. The Morgan fingerprint density at radius 1 is 1.45 bits per heavy atom.